The molecule has 0 saturated carbocycles. The van der Waals surface area contributed by atoms with Gasteiger partial charge in [-0.15, -0.1) is 0 Å². The van der Waals surface area contributed by atoms with Crippen molar-refractivity contribution in [2.45, 2.75) is 33.1 Å². The molecule has 0 radical (unpaired) electrons. The predicted molar refractivity (Wildman–Crippen MR) is 48.2 cm³/mol. The molecule has 0 saturated heterocycles. The third kappa shape index (κ3) is 7.05. The first-order chi connectivity index (χ1) is 5.81. The molecular weight excluding hydrogens is 156 g/mol. The summed E-state index contributed by atoms with van der Waals surface area (Å²) in [6.07, 6.45) is 4.30. The van der Waals surface area contributed by atoms with Crippen molar-refractivity contribution in [2.75, 3.05) is 6.61 Å². The van der Waals surface area contributed by atoms with Crippen molar-refractivity contribution in [3.63, 3.8) is 0 Å². The van der Waals surface area contributed by atoms with Crippen LogP contribution >= 0.6 is 0 Å². The van der Waals surface area contributed by atoms with Gasteiger partial charge in [-0.2, -0.15) is 5.10 Å². The van der Waals surface area contributed by atoms with Crippen molar-refractivity contribution in [3.05, 3.63) is 0 Å². The van der Waals surface area contributed by atoms with Gasteiger partial charge < -0.3 is 4.74 Å². The van der Waals surface area contributed by atoms with E-state index < -0.39 is 6.09 Å². The third-order valence-corrected chi connectivity index (χ3v) is 1.21. The van der Waals surface area contributed by atoms with Gasteiger partial charge in [0.1, 0.15) is 0 Å². The van der Waals surface area contributed by atoms with Crippen molar-refractivity contribution in [1.29, 1.82) is 0 Å². The number of nitrogens with zero attached hydrogens (tertiary/aromatic N) is 1. The van der Waals surface area contributed by atoms with Gasteiger partial charge in [0.2, 0.25) is 0 Å². The molecule has 70 valence electrons. The lowest BCUT2D eigenvalue weighted by Gasteiger charge is -1.97. The van der Waals surface area contributed by atoms with Crippen LogP contribution in [0.15, 0.2) is 5.10 Å². The van der Waals surface area contributed by atoms with E-state index in [1.807, 2.05) is 0 Å². The van der Waals surface area contributed by atoms with Gasteiger partial charge in [0.15, 0.2) is 0 Å². The van der Waals surface area contributed by atoms with Crippen molar-refractivity contribution >= 4 is 12.3 Å². The van der Waals surface area contributed by atoms with Crippen LogP contribution in [0.25, 0.3) is 0 Å². The van der Waals surface area contributed by atoms with E-state index in [1.54, 1.807) is 13.1 Å². The molecule has 0 aromatic heterocycles. The number of rotatable bonds is 5. The summed E-state index contributed by atoms with van der Waals surface area (Å²) in [5, 5.41) is 3.68. The molecule has 12 heavy (non-hydrogen) atoms. The number of unbranched alkanes of at least 4 members (excludes halogenated alkanes) is 2. The fraction of sp³-hybridized carbons (Fsp3) is 0.750. The number of ether oxygens (including phenoxy) is 1. The summed E-state index contributed by atoms with van der Waals surface area (Å²) in [5.41, 5.74) is 2.25. The smallest absolute Gasteiger partial charge is 0.427 e. The molecule has 0 bridgehead atoms. The quantitative estimate of drug-likeness (QED) is 0.391. The van der Waals surface area contributed by atoms with Gasteiger partial charge in [-0.3, -0.25) is 0 Å². The van der Waals surface area contributed by atoms with Crippen LogP contribution < -0.4 is 5.43 Å². The monoisotopic (exact) mass is 172 g/mol. The van der Waals surface area contributed by atoms with Gasteiger partial charge in [0.05, 0.1) is 6.61 Å². The zero-order valence-electron chi connectivity index (χ0n) is 7.67. The summed E-state index contributed by atoms with van der Waals surface area (Å²) in [5.74, 6) is 0. The van der Waals surface area contributed by atoms with Crippen molar-refractivity contribution in [3.8, 4) is 0 Å². The number of carbonyl (C=O) groups is 1. The van der Waals surface area contributed by atoms with Crippen LogP contribution in [0.5, 0.6) is 0 Å². The number of hydrogen-bond donors (Lipinski definition) is 1. The van der Waals surface area contributed by atoms with Gasteiger partial charge in [-0.05, 0) is 19.8 Å². The SMILES string of the molecule is CCCCC=NNC(=O)OCC. The lowest BCUT2D eigenvalue weighted by Crippen LogP contribution is -2.18. The zero-order valence-corrected chi connectivity index (χ0v) is 7.67. The summed E-state index contributed by atoms with van der Waals surface area (Å²) in [6, 6.07) is 0. The second-order valence-corrected chi connectivity index (χ2v) is 2.29. The number of amides is 1. The Morgan fingerprint density at radius 2 is 2.33 bits per heavy atom. The summed E-state index contributed by atoms with van der Waals surface area (Å²) in [7, 11) is 0. The van der Waals surface area contributed by atoms with E-state index in [1.165, 1.54) is 0 Å². The van der Waals surface area contributed by atoms with Gasteiger partial charge in [0, 0.05) is 6.21 Å². The largest absolute Gasteiger partial charge is 0.449 e. The maximum absolute atomic E-state index is 10.6. The zero-order chi connectivity index (χ0) is 9.23. The second kappa shape index (κ2) is 8.04. The normalized spacial score (nSPS) is 10.2. The topological polar surface area (TPSA) is 50.7 Å². The minimum absolute atomic E-state index is 0.371. The molecule has 4 nitrogen and oxygen atoms in total. The fourth-order valence-corrected chi connectivity index (χ4v) is 0.622. The third-order valence-electron chi connectivity index (χ3n) is 1.21. The standard InChI is InChI=1S/C8H16N2O2/c1-3-5-6-7-9-10-8(11)12-4-2/h7H,3-6H2,1-2H3,(H,10,11). The van der Waals surface area contributed by atoms with Crippen LogP contribution in [0.2, 0.25) is 0 Å². The van der Waals surface area contributed by atoms with E-state index in [0.29, 0.717) is 6.61 Å². The molecule has 1 N–H and O–H groups in total. The van der Waals surface area contributed by atoms with Crippen molar-refractivity contribution in [1.82, 2.24) is 5.43 Å². The van der Waals surface area contributed by atoms with Crippen molar-refractivity contribution < 1.29 is 9.53 Å². The van der Waals surface area contributed by atoms with Crippen LogP contribution in [-0.4, -0.2) is 18.9 Å². The van der Waals surface area contributed by atoms with Crippen LogP contribution in [0, 0.1) is 0 Å². The van der Waals surface area contributed by atoms with Crippen LogP contribution in [0.4, 0.5) is 4.79 Å². The van der Waals surface area contributed by atoms with Gasteiger partial charge >= 0.3 is 6.09 Å². The second-order valence-electron chi connectivity index (χ2n) is 2.29. The summed E-state index contributed by atoms with van der Waals surface area (Å²) < 4.78 is 4.58. The molecule has 0 unspecified atom stereocenters. The van der Waals surface area contributed by atoms with E-state index in [4.69, 9.17) is 0 Å². The van der Waals surface area contributed by atoms with Crippen molar-refractivity contribution in [2.24, 2.45) is 5.10 Å². The van der Waals surface area contributed by atoms with E-state index >= 15 is 0 Å². The molecule has 0 fully saturated rings. The summed E-state index contributed by atoms with van der Waals surface area (Å²) >= 11 is 0. The minimum atomic E-state index is -0.495. The van der Waals surface area contributed by atoms with Gasteiger partial charge in [-0.25, -0.2) is 10.2 Å². The molecule has 4 heteroatoms. The molecular formula is C8H16N2O2. The average molecular weight is 172 g/mol. The summed E-state index contributed by atoms with van der Waals surface area (Å²) in [6.45, 7) is 4.23. The number of hydrazone groups is 1. The Morgan fingerprint density at radius 3 is 2.92 bits per heavy atom. The minimum Gasteiger partial charge on any atom is -0.449 e. The molecule has 0 atom stereocenters. The van der Waals surface area contributed by atoms with Crippen LogP contribution in [-0.2, 0) is 4.74 Å². The highest BCUT2D eigenvalue weighted by molar-refractivity contribution is 5.68. The molecule has 0 aliphatic rings. The molecule has 0 aliphatic heterocycles. The first-order valence-electron chi connectivity index (χ1n) is 4.25. The van der Waals surface area contributed by atoms with Gasteiger partial charge in [0.25, 0.3) is 0 Å². The number of carbonyl (C=O) groups excluding carboxylic acids is 1. The molecule has 0 heterocycles. The summed E-state index contributed by atoms with van der Waals surface area (Å²) in [4.78, 5) is 10.6. The predicted octanol–water partition coefficient (Wildman–Crippen LogP) is 1.91. The van der Waals surface area contributed by atoms with E-state index in [2.05, 4.69) is 22.2 Å². The lowest BCUT2D eigenvalue weighted by atomic mass is 10.3. The molecule has 0 aromatic rings. The van der Waals surface area contributed by atoms with E-state index in [-0.39, 0.29) is 0 Å². The van der Waals surface area contributed by atoms with Gasteiger partial charge in [-0.1, -0.05) is 13.3 Å². The maximum atomic E-state index is 10.6. The highest BCUT2D eigenvalue weighted by atomic mass is 16.5. The first-order valence-corrected chi connectivity index (χ1v) is 4.25. The van der Waals surface area contributed by atoms with E-state index in [0.717, 1.165) is 19.3 Å². The highest BCUT2D eigenvalue weighted by Crippen LogP contribution is 1.88. The number of hydrogen-bond acceptors (Lipinski definition) is 3. The Morgan fingerprint density at radius 1 is 1.58 bits per heavy atom. The molecule has 1 amide bonds. The molecule has 0 spiro atoms. The molecule has 0 rings (SSSR count). The fourth-order valence-electron chi connectivity index (χ4n) is 0.622. The average Bonchev–Trinajstić information content (AvgIpc) is 2.05. The Kier molecular flexibility index (Phi) is 7.33. The highest BCUT2D eigenvalue weighted by Gasteiger charge is 1.93. The Labute approximate surface area is 73.0 Å². The Balaban J connectivity index is 3.27. The maximum Gasteiger partial charge on any atom is 0.427 e. The first kappa shape index (κ1) is 10.9. The molecule has 0 aromatic carbocycles. The van der Waals surface area contributed by atoms with Crippen LogP contribution in [0.3, 0.4) is 0 Å². The molecule has 0 aliphatic carbocycles. The van der Waals surface area contributed by atoms with Crippen LogP contribution in [0.1, 0.15) is 33.1 Å². The lowest BCUT2D eigenvalue weighted by molar-refractivity contribution is 0.152. The van der Waals surface area contributed by atoms with E-state index in [9.17, 15) is 4.79 Å². The number of nitrogens with one attached hydrogen (secondary N) is 1. The Hall–Kier alpha value is -1.06. The Bertz CT molecular complexity index is 146.